The Balaban J connectivity index is 1.40. The predicted octanol–water partition coefficient (Wildman–Crippen LogP) is 2.63. The van der Waals surface area contributed by atoms with Gasteiger partial charge in [0.05, 0.1) is 11.9 Å². The van der Waals surface area contributed by atoms with Crippen LogP contribution in [-0.4, -0.2) is 32.2 Å². The second-order valence-corrected chi connectivity index (χ2v) is 7.07. The molecule has 5 rings (SSSR count). The summed E-state index contributed by atoms with van der Waals surface area (Å²) in [5.41, 5.74) is 3.26. The average Bonchev–Trinajstić information content (AvgIpc) is 3.37. The summed E-state index contributed by atoms with van der Waals surface area (Å²) in [6.07, 6.45) is 3.04. The molecule has 0 saturated heterocycles. The van der Waals surface area contributed by atoms with Crippen molar-refractivity contribution in [1.82, 2.24) is 19.7 Å². The first-order chi connectivity index (χ1) is 14.2. The zero-order chi connectivity index (χ0) is 19.8. The summed E-state index contributed by atoms with van der Waals surface area (Å²) >= 11 is 0. The molecule has 29 heavy (non-hydrogen) atoms. The number of aryl methyl sites for hydroxylation is 1. The lowest BCUT2D eigenvalue weighted by atomic mass is 10.2. The number of benzene rings is 2. The van der Waals surface area contributed by atoms with E-state index in [-0.39, 0.29) is 17.9 Å². The molecule has 0 radical (unpaired) electrons. The normalized spacial score (nSPS) is 13.0. The number of aromatic amines is 1. The molecule has 0 atom stereocenters. The Morgan fingerprint density at radius 3 is 2.72 bits per heavy atom. The molecule has 3 heterocycles. The van der Waals surface area contributed by atoms with Crippen molar-refractivity contribution in [1.29, 1.82) is 0 Å². The van der Waals surface area contributed by atoms with Gasteiger partial charge in [0, 0.05) is 25.1 Å². The summed E-state index contributed by atoms with van der Waals surface area (Å²) in [4.78, 5) is 34.4. The summed E-state index contributed by atoms with van der Waals surface area (Å²) in [6, 6.07) is 17.5. The number of aromatic nitrogens is 4. The molecule has 1 aliphatic heterocycles. The van der Waals surface area contributed by atoms with Gasteiger partial charge in [0.15, 0.2) is 5.65 Å². The molecule has 0 fully saturated rings. The molecule has 0 bridgehead atoms. The van der Waals surface area contributed by atoms with Gasteiger partial charge in [0.25, 0.3) is 5.56 Å². The van der Waals surface area contributed by atoms with Crippen LogP contribution in [0.15, 0.2) is 65.6 Å². The van der Waals surface area contributed by atoms with Crippen molar-refractivity contribution in [3.63, 3.8) is 0 Å². The molecule has 0 saturated carbocycles. The molecule has 7 nitrogen and oxygen atoms in total. The standard InChI is InChI=1S/C22H19N5O2/c28-20(26-13-12-15-6-4-5-9-18(15)26)11-10-19-24-21-17(22(29)25-19)14-23-27(21)16-7-2-1-3-8-16/h1-9,14H,10-13H2,(H,24,25,29). The monoisotopic (exact) mass is 385 g/mol. The third kappa shape index (κ3) is 3.10. The Bertz CT molecular complexity index is 1260. The third-order valence-corrected chi connectivity index (χ3v) is 5.25. The Morgan fingerprint density at radius 1 is 1.07 bits per heavy atom. The summed E-state index contributed by atoms with van der Waals surface area (Å²) < 4.78 is 1.65. The van der Waals surface area contributed by atoms with E-state index in [2.05, 4.69) is 21.1 Å². The summed E-state index contributed by atoms with van der Waals surface area (Å²) in [7, 11) is 0. The number of hydrogen-bond donors (Lipinski definition) is 1. The second kappa shape index (κ2) is 7.01. The van der Waals surface area contributed by atoms with Gasteiger partial charge in [-0.05, 0) is 30.2 Å². The van der Waals surface area contributed by atoms with Gasteiger partial charge in [0.2, 0.25) is 5.91 Å². The molecule has 144 valence electrons. The number of nitrogens with one attached hydrogen (secondary N) is 1. The molecule has 2 aromatic carbocycles. The fraction of sp³-hybridized carbons (Fsp3) is 0.182. The number of anilines is 1. The number of rotatable bonds is 4. The topological polar surface area (TPSA) is 83.9 Å². The lowest BCUT2D eigenvalue weighted by Crippen LogP contribution is -2.29. The first-order valence-electron chi connectivity index (χ1n) is 9.61. The van der Waals surface area contributed by atoms with Crippen molar-refractivity contribution in [3.8, 4) is 5.69 Å². The van der Waals surface area contributed by atoms with Crippen molar-refractivity contribution < 1.29 is 4.79 Å². The largest absolute Gasteiger partial charge is 0.312 e. The SMILES string of the molecule is O=C(CCc1nc2c(cnn2-c2ccccc2)c(=O)[nH]1)N1CCc2ccccc21. The van der Waals surface area contributed by atoms with E-state index in [4.69, 9.17) is 0 Å². The van der Waals surface area contributed by atoms with E-state index in [1.807, 2.05) is 53.4 Å². The van der Waals surface area contributed by atoms with E-state index in [1.54, 1.807) is 4.68 Å². The van der Waals surface area contributed by atoms with Gasteiger partial charge < -0.3 is 9.88 Å². The number of H-pyrrole nitrogens is 1. The van der Waals surface area contributed by atoms with Gasteiger partial charge in [-0.25, -0.2) is 9.67 Å². The van der Waals surface area contributed by atoms with E-state index < -0.39 is 0 Å². The molecule has 4 aromatic rings. The highest BCUT2D eigenvalue weighted by Crippen LogP contribution is 2.28. The van der Waals surface area contributed by atoms with Gasteiger partial charge in [-0.2, -0.15) is 5.10 Å². The molecule has 0 spiro atoms. The Labute approximate surface area is 166 Å². The lowest BCUT2D eigenvalue weighted by molar-refractivity contribution is -0.118. The molecule has 2 aromatic heterocycles. The zero-order valence-corrected chi connectivity index (χ0v) is 15.7. The number of nitrogens with zero attached hydrogens (tertiary/aromatic N) is 4. The molecule has 0 aliphatic carbocycles. The fourth-order valence-electron chi connectivity index (χ4n) is 3.80. The maximum absolute atomic E-state index is 12.8. The Hall–Kier alpha value is -3.74. The van der Waals surface area contributed by atoms with Gasteiger partial charge in [0.1, 0.15) is 11.2 Å². The van der Waals surface area contributed by atoms with Crippen LogP contribution >= 0.6 is 0 Å². The minimum absolute atomic E-state index is 0.0364. The number of carbonyl (C=O) groups excluding carboxylic acids is 1. The first-order valence-corrected chi connectivity index (χ1v) is 9.61. The highest BCUT2D eigenvalue weighted by atomic mass is 16.2. The molecule has 1 aliphatic rings. The molecule has 7 heteroatoms. The van der Waals surface area contributed by atoms with Crippen LogP contribution in [0.5, 0.6) is 0 Å². The summed E-state index contributed by atoms with van der Waals surface area (Å²) in [5, 5.41) is 4.74. The lowest BCUT2D eigenvalue weighted by Gasteiger charge is -2.17. The fourth-order valence-corrected chi connectivity index (χ4v) is 3.80. The van der Waals surface area contributed by atoms with Crippen molar-refractivity contribution in [2.45, 2.75) is 19.3 Å². The summed E-state index contributed by atoms with van der Waals surface area (Å²) in [6.45, 7) is 0.696. The van der Waals surface area contributed by atoms with E-state index in [1.165, 1.54) is 11.8 Å². The van der Waals surface area contributed by atoms with Crippen molar-refractivity contribution in [2.24, 2.45) is 0 Å². The van der Waals surface area contributed by atoms with E-state index in [0.29, 0.717) is 29.8 Å². The average molecular weight is 385 g/mol. The van der Waals surface area contributed by atoms with Crippen molar-refractivity contribution >= 4 is 22.6 Å². The minimum atomic E-state index is -0.244. The third-order valence-electron chi connectivity index (χ3n) is 5.25. The van der Waals surface area contributed by atoms with E-state index in [9.17, 15) is 9.59 Å². The van der Waals surface area contributed by atoms with Crippen molar-refractivity contribution in [3.05, 3.63) is 82.5 Å². The predicted molar refractivity (Wildman–Crippen MR) is 110 cm³/mol. The van der Waals surface area contributed by atoms with Gasteiger partial charge in [-0.1, -0.05) is 36.4 Å². The Kier molecular flexibility index (Phi) is 4.20. The molecule has 1 amide bonds. The second-order valence-electron chi connectivity index (χ2n) is 7.07. The number of para-hydroxylation sites is 2. The van der Waals surface area contributed by atoms with Crippen LogP contribution < -0.4 is 10.5 Å². The van der Waals surface area contributed by atoms with Crippen LogP contribution in [0.4, 0.5) is 5.69 Å². The van der Waals surface area contributed by atoms with Gasteiger partial charge >= 0.3 is 0 Å². The number of fused-ring (bicyclic) bond motifs is 2. The summed E-state index contributed by atoms with van der Waals surface area (Å²) in [5.74, 6) is 0.523. The quantitative estimate of drug-likeness (QED) is 0.585. The minimum Gasteiger partial charge on any atom is -0.312 e. The van der Waals surface area contributed by atoms with Crippen LogP contribution in [0.25, 0.3) is 16.7 Å². The zero-order valence-electron chi connectivity index (χ0n) is 15.7. The number of amides is 1. The highest BCUT2D eigenvalue weighted by molar-refractivity contribution is 5.95. The highest BCUT2D eigenvalue weighted by Gasteiger charge is 2.24. The Morgan fingerprint density at radius 2 is 1.86 bits per heavy atom. The molecule has 1 N–H and O–H groups in total. The number of carbonyl (C=O) groups is 1. The smallest absolute Gasteiger partial charge is 0.262 e. The maximum atomic E-state index is 12.8. The van der Waals surface area contributed by atoms with Gasteiger partial charge in [-0.15, -0.1) is 0 Å². The van der Waals surface area contributed by atoms with Crippen LogP contribution in [0, 0.1) is 0 Å². The first kappa shape index (κ1) is 17.4. The maximum Gasteiger partial charge on any atom is 0.262 e. The molecular formula is C22H19N5O2. The van der Waals surface area contributed by atoms with E-state index in [0.717, 1.165) is 17.8 Å². The van der Waals surface area contributed by atoms with E-state index >= 15 is 0 Å². The van der Waals surface area contributed by atoms with Crippen LogP contribution in [-0.2, 0) is 17.6 Å². The molecular weight excluding hydrogens is 366 g/mol. The molecule has 0 unspecified atom stereocenters. The van der Waals surface area contributed by atoms with Crippen LogP contribution in [0.3, 0.4) is 0 Å². The number of hydrogen-bond acceptors (Lipinski definition) is 4. The van der Waals surface area contributed by atoms with Crippen LogP contribution in [0.1, 0.15) is 17.8 Å². The van der Waals surface area contributed by atoms with Crippen molar-refractivity contribution in [2.75, 3.05) is 11.4 Å². The van der Waals surface area contributed by atoms with Gasteiger partial charge in [-0.3, -0.25) is 9.59 Å². The van der Waals surface area contributed by atoms with Crippen LogP contribution in [0.2, 0.25) is 0 Å².